The molecule has 0 radical (unpaired) electrons. The van der Waals surface area contributed by atoms with Gasteiger partial charge in [0, 0.05) is 44.0 Å². The summed E-state index contributed by atoms with van der Waals surface area (Å²) < 4.78 is 10.9. The van der Waals surface area contributed by atoms with E-state index < -0.39 is 0 Å². The summed E-state index contributed by atoms with van der Waals surface area (Å²) in [4.78, 5) is 2.25. The average molecular weight is 716 g/mol. The first-order valence-electron chi connectivity index (χ1n) is 18.5. The molecule has 8 aromatic carbocycles. The van der Waals surface area contributed by atoms with E-state index in [4.69, 9.17) is 4.42 Å². The van der Waals surface area contributed by atoms with Gasteiger partial charge >= 0.3 is 0 Å². The van der Waals surface area contributed by atoms with E-state index in [-0.39, 0.29) is 0 Å². The molecule has 0 aliphatic carbocycles. The van der Waals surface area contributed by atoms with Crippen LogP contribution in [0.5, 0.6) is 0 Å². The molecule has 11 rings (SSSR count). The number of para-hydroxylation sites is 5. The lowest BCUT2D eigenvalue weighted by Crippen LogP contribution is -2.09. The zero-order chi connectivity index (χ0) is 37.3. The van der Waals surface area contributed by atoms with E-state index in [9.17, 15) is 10.5 Å². The maximum atomic E-state index is 11.0. The molecular formula is C50H29N5O. The second kappa shape index (κ2) is 12.2. The highest BCUT2D eigenvalue weighted by molar-refractivity contribution is 6.24. The van der Waals surface area contributed by atoms with Crippen molar-refractivity contribution in [3.63, 3.8) is 0 Å². The van der Waals surface area contributed by atoms with Crippen molar-refractivity contribution in [2.45, 2.75) is 0 Å². The molecule has 56 heavy (non-hydrogen) atoms. The molecule has 6 nitrogen and oxygen atoms in total. The van der Waals surface area contributed by atoms with Crippen molar-refractivity contribution in [3.05, 3.63) is 187 Å². The van der Waals surface area contributed by atoms with Gasteiger partial charge in [-0.1, -0.05) is 91.0 Å². The standard InChI is InChI=1S/C50H29N5O/c51-30-40-41(31-52)46(28-27-45(40)54-42-20-10-7-17-35(42)36-18-8-11-21-43(36)54)55-44-25-23-34(53(32-13-3-1-4-14-32)33-15-5-2-6-16-33)29-39(44)49-47(55)26-24-38-37-19-9-12-22-48(37)56-50(38)49/h1-29H. The van der Waals surface area contributed by atoms with Gasteiger partial charge in [0.25, 0.3) is 0 Å². The van der Waals surface area contributed by atoms with Gasteiger partial charge in [-0.25, -0.2) is 0 Å². The van der Waals surface area contributed by atoms with Crippen molar-refractivity contribution in [3.8, 4) is 23.5 Å². The van der Waals surface area contributed by atoms with E-state index in [1.54, 1.807) is 0 Å². The Bertz CT molecular complexity index is 3360. The molecule has 6 heteroatoms. The monoisotopic (exact) mass is 715 g/mol. The number of furan rings is 1. The van der Waals surface area contributed by atoms with Gasteiger partial charge < -0.3 is 18.5 Å². The van der Waals surface area contributed by atoms with Gasteiger partial charge in [0.1, 0.15) is 23.3 Å². The van der Waals surface area contributed by atoms with Crippen molar-refractivity contribution in [1.82, 2.24) is 9.13 Å². The summed E-state index contributed by atoms with van der Waals surface area (Å²) in [6, 6.07) is 64.7. The second-order valence-corrected chi connectivity index (χ2v) is 13.9. The van der Waals surface area contributed by atoms with Crippen molar-refractivity contribution in [2.75, 3.05) is 4.90 Å². The first-order chi connectivity index (χ1) is 27.7. The third-order valence-electron chi connectivity index (χ3n) is 11.0. The minimum atomic E-state index is 0.301. The molecule has 0 spiro atoms. The van der Waals surface area contributed by atoms with Gasteiger partial charge in [0.2, 0.25) is 0 Å². The largest absolute Gasteiger partial charge is 0.455 e. The van der Waals surface area contributed by atoms with Gasteiger partial charge in [-0.05, 0) is 84.9 Å². The fraction of sp³-hybridized carbons (Fsp3) is 0. The molecule has 11 aromatic rings. The lowest BCUT2D eigenvalue weighted by Gasteiger charge is -2.25. The number of fused-ring (bicyclic) bond motifs is 10. The molecule has 3 aromatic heterocycles. The maximum absolute atomic E-state index is 11.0. The van der Waals surface area contributed by atoms with Crippen molar-refractivity contribution in [1.29, 1.82) is 10.5 Å². The van der Waals surface area contributed by atoms with Crippen LogP contribution in [0.25, 0.3) is 76.9 Å². The summed E-state index contributed by atoms with van der Waals surface area (Å²) in [6.45, 7) is 0. The Morgan fingerprint density at radius 2 is 0.911 bits per heavy atom. The summed E-state index contributed by atoms with van der Waals surface area (Å²) in [7, 11) is 0. The van der Waals surface area contributed by atoms with Crippen LogP contribution in [-0.2, 0) is 0 Å². The van der Waals surface area contributed by atoms with E-state index >= 15 is 0 Å². The van der Waals surface area contributed by atoms with Gasteiger partial charge in [-0.2, -0.15) is 10.5 Å². The number of rotatable bonds is 5. The van der Waals surface area contributed by atoms with E-state index in [0.29, 0.717) is 22.5 Å². The number of aromatic nitrogens is 2. The second-order valence-electron chi connectivity index (χ2n) is 13.9. The lowest BCUT2D eigenvalue weighted by atomic mass is 10.0. The van der Waals surface area contributed by atoms with Gasteiger partial charge in [-0.3, -0.25) is 0 Å². The molecule has 0 aliphatic rings. The van der Waals surface area contributed by atoms with Crippen LogP contribution in [0.2, 0.25) is 0 Å². The Kier molecular flexibility index (Phi) is 6.88. The third-order valence-corrected chi connectivity index (χ3v) is 11.0. The number of nitriles is 2. The zero-order valence-electron chi connectivity index (χ0n) is 29.9. The first kappa shape index (κ1) is 31.5. The molecule has 0 atom stereocenters. The zero-order valence-corrected chi connectivity index (χ0v) is 29.9. The highest BCUT2D eigenvalue weighted by Gasteiger charge is 2.25. The summed E-state index contributed by atoms with van der Waals surface area (Å²) in [6.07, 6.45) is 0. The van der Waals surface area contributed by atoms with Gasteiger partial charge in [-0.15, -0.1) is 0 Å². The highest BCUT2D eigenvalue weighted by atomic mass is 16.3. The van der Waals surface area contributed by atoms with E-state index in [1.807, 2.05) is 91.0 Å². The average Bonchev–Trinajstić information content (AvgIpc) is 3.91. The molecule has 0 saturated carbocycles. The maximum Gasteiger partial charge on any atom is 0.145 e. The molecular weight excluding hydrogens is 687 g/mol. The quantitative estimate of drug-likeness (QED) is 0.178. The van der Waals surface area contributed by atoms with Crippen molar-refractivity contribution < 1.29 is 4.42 Å². The first-order valence-corrected chi connectivity index (χ1v) is 18.5. The molecule has 260 valence electrons. The Hall–Kier alpha value is -8.06. The predicted octanol–water partition coefficient (Wildman–Crippen LogP) is 13.0. The Labute approximate surface area is 321 Å². The highest BCUT2D eigenvalue weighted by Crippen LogP contribution is 2.45. The van der Waals surface area contributed by atoms with Crippen LogP contribution in [0.4, 0.5) is 17.1 Å². The molecule has 0 aliphatic heterocycles. The lowest BCUT2D eigenvalue weighted by molar-refractivity contribution is 0.673. The fourth-order valence-electron chi connectivity index (χ4n) is 8.64. The topological polar surface area (TPSA) is 73.8 Å². The third kappa shape index (κ3) is 4.48. The van der Waals surface area contributed by atoms with Crippen molar-refractivity contribution in [2.24, 2.45) is 0 Å². The van der Waals surface area contributed by atoms with E-state index in [2.05, 4.69) is 111 Å². The number of benzene rings is 8. The Balaban J connectivity index is 1.23. The van der Waals surface area contributed by atoms with Crippen molar-refractivity contribution >= 4 is 82.6 Å². The molecule has 0 saturated heterocycles. The summed E-state index contributed by atoms with van der Waals surface area (Å²) >= 11 is 0. The Morgan fingerprint density at radius 1 is 0.411 bits per heavy atom. The minimum Gasteiger partial charge on any atom is -0.455 e. The van der Waals surface area contributed by atoms with E-state index in [1.165, 1.54) is 0 Å². The Morgan fingerprint density at radius 3 is 1.52 bits per heavy atom. The minimum absolute atomic E-state index is 0.301. The molecule has 0 unspecified atom stereocenters. The number of hydrogen-bond donors (Lipinski definition) is 0. The molecule has 3 heterocycles. The smallest absolute Gasteiger partial charge is 0.145 e. The van der Waals surface area contributed by atoms with Crippen LogP contribution in [0.1, 0.15) is 11.1 Å². The summed E-state index contributed by atoms with van der Waals surface area (Å²) in [5, 5.41) is 28.0. The van der Waals surface area contributed by atoms with Gasteiger partial charge in [0.05, 0.1) is 50.0 Å². The van der Waals surface area contributed by atoms with Crippen LogP contribution in [0.15, 0.2) is 180 Å². The van der Waals surface area contributed by atoms with Crippen LogP contribution in [0.3, 0.4) is 0 Å². The number of anilines is 3. The molecule has 0 fully saturated rings. The van der Waals surface area contributed by atoms with Crippen LogP contribution < -0.4 is 4.90 Å². The summed E-state index contributed by atoms with van der Waals surface area (Å²) in [5.41, 5.74) is 10.2. The number of nitrogens with zero attached hydrogens (tertiary/aromatic N) is 5. The van der Waals surface area contributed by atoms with Crippen LogP contribution in [-0.4, -0.2) is 9.13 Å². The van der Waals surface area contributed by atoms with Crippen LogP contribution in [0, 0.1) is 22.7 Å². The molecule has 0 bridgehead atoms. The van der Waals surface area contributed by atoms with E-state index in [0.717, 1.165) is 82.6 Å². The molecule has 0 N–H and O–H groups in total. The molecule has 0 amide bonds. The predicted molar refractivity (Wildman–Crippen MR) is 227 cm³/mol. The van der Waals surface area contributed by atoms with Crippen LogP contribution >= 0.6 is 0 Å². The fourth-order valence-corrected chi connectivity index (χ4v) is 8.64. The SMILES string of the molecule is N#Cc1c(-n2c3ccccc3c3ccccc32)ccc(-n2c3ccc(N(c4ccccc4)c4ccccc4)cc3c3c4oc5ccccc5c4ccc32)c1C#N. The normalized spacial score (nSPS) is 11.5. The summed E-state index contributed by atoms with van der Waals surface area (Å²) in [5.74, 6) is 0. The number of hydrogen-bond acceptors (Lipinski definition) is 4. The van der Waals surface area contributed by atoms with Gasteiger partial charge in [0.15, 0.2) is 0 Å².